The number of fused-ring (bicyclic) bond motifs is 7. The Bertz CT molecular complexity index is 3490. The summed E-state index contributed by atoms with van der Waals surface area (Å²) in [6, 6.07) is 77.1. The number of hydrogen-bond donors (Lipinski definition) is 0. The third kappa shape index (κ3) is 5.77. The molecular weight excluding hydrogens is 757 g/mol. The molecule has 2 aromatic heterocycles. The van der Waals surface area contributed by atoms with Crippen LogP contribution in [-0.4, -0.2) is 9.97 Å². The van der Waals surface area contributed by atoms with Crippen LogP contribution < -0.4 is 0 Å². The predicted octanol–water partition coefficient (Wildman–Crippen LogP) is 15.7. The second-order valence-corrected chi connectivity index (χ2v) is 17.3. The maximum atomic E-state index is 5.42. The molecule has 0 bridgehead atoms. The van der Waals surface area contributed by atoms with Gasteiger partial charge in [0.15, 0.2) is 5.82 Å². The van der Waals surface area contributed by atoms with Crippen molar-refractivity contribution in [2.24, 2.45) is 0 Å². The molecule has 3 heteroatoms. The van der Waals surface area contributed by atoms with Crippen LogP contribution in [0.15, 0.2) is 212 Å². The minimum absolute atomic E-state index is 0.321. The molecule has 0 N–H and O–H groups in total. The van der Waals surface area contributed by atoms with Crippen molar-refractivity contribution in [1.82, 2.24) is 9.97 Å². The van der Waals surface area contributed by atoms with Crippen molar-refractivity contribution in [2.45, 2.75) is 12.3 Å². The van der Waals surface area contributed by atoms with Crippen LogP contribution in [0, 0.1) is 0 Å². The topological polar surface area (TPSA) is 25.8 Å². The maximum absolute atomic E-state index is 5.42. The maximum Gasteiger partial charge on any atom is 0.160 e. The predicted molar refractivity (Wildman–Crippen MR) is 257 cm³/mol. The standard InChI is InChI=1S/C58H38N2S/c1-58(44-20-6-3-7-21-44)50-27-12-10-23-48(50)55-49(26-15-28-51(55)58)53-36-52(59-57(60-53)38-17-4-2-5-18-38)43-34-41(40-31-30-37-16-8-9-19-39(37)32-40)33-42(35-43)45-24-14-25-47-46-22-11-13-29-54(46)61-56(45)47/h2-36H,1H3. The van der Waals surface area contributed by atoms with Crippen molar-refractivity contribution in [3.05, 3.63) is 229 Å². The van der Waals surface area contributed by atoms with Gasteiger partial charge in [0.25, 0.3) is 0 Å². The Balaban J connectivity index is 1.11. The van der Waals surface area contributed by atoms with E-state index in [4.69, 9.17) is 9.97 Å². The van der Waals surface area contributed by atoms with Crippen molar-refractivity contribution in [2.75, 3.05) is 0 Å². The molecule has 0 saturated carbocycles. The molecule has 61 heavy (non-hydrogen) atoms. The van der Waals surface area contributed by atoms with E-state index in [-0.39, 0.29) is 5.41 Å². The molecule has 1 unspecified atom stereocenters. The molecule has 1 atom stereocenters. The number of aromatic nitrogens is 2. The van der Waals surface area contributed by atoms with E-state index in [1.807, 2.05) is 17.4 Å². The lowest BCUT2D eigenvalue weighted by Gasteiger charge is -2.28. The monoisotopic (exact) mass is 794 g/mol. The van der Waals surface area contributed by atoms with Crippen LogP contribution in [0.4, 0.5) is 0 Å². The van der Waals surface area contributed by atoms with Crippen molar-refractivity contribution in [3.63, 3.8) is 0 Å². The van der Waals surface area contributed by atoms with Gasteiger partial charge in [0.2, 0.25) is 0 Å². The highest BCUT2D eigenvalue weighted by atomic mass is 32.1. The van der Waals surface area contributed by atoms with Gasteiger partial charge in [-0.1, -0.05) is 176 Å². The summed E-state index contributed by atoms with van der Waals surface area (Å²) in [6.45, 7) is 2.37. The zero-order valence-electron chi connectivity index (χ0n) is 33.5. The lowest BCUT2D eigenvalue weighted by molar-refractivity contribution is 0.714. The molecule has 0 saturated heterocycles. The van der Waals surface area contributed by atoms with Gasteiger partial charge in [0.05, 0.1) is 11.4 Å². The summed E-state index contributed by atoms with van der Waals surface area (Å²) in [5.74, 6) is 0.701. The highest BCUT2D eigenvalue weighted by molar-refractivity contribution is 7.26. The molecule has 0 aliphatic heterocycles. The fourth-order valence-electron chi connectivity index (χ4n) is 9.73. The summed E-state index contributed by atoms with van der Waals surface area (Å²) in [6.07, 6.45) is 0. The van der Waals surface area contributed by atoms with Crippen molar-refractivity contribution in [3.8, 4) is 67.3 Å². The summed E-state index contributed by atoms with van der Waals surface area (Å²) in [5.41, 5.74) is 15.6. The van der Waals surface area contributed by atoms with E-state index in [1.165, 1.54) is 69.9 Å². The van der Waals surface area contributed by atoms with E-state index < -0.39 is 0 Å². The summed E-state index contributed by atoms with van der Waals surface area (Å²) >= 11 is 1.87. The first-order valence-corrected chi connectivity index (χ1v) is 21.7. The van der Waals surface area contributed by atoms with Crippen LogP contribution in [0.25, 0.3) is 98.2 Å². The highest BCUT2D eigenvalue weighted by Crippen LogP contribution is 2.55. The van der Waals surface area contributed by atoms with E-state index >= 15 is 0 Å². The Hall–Kier alpha value is -7.46. The van der Waals surface area contributed by atoms with Crippen molar-refractivity contribution >= 4 is 42.3 Å². The van der Waals surface area contributed by atoms with Gasteiger partial charge in [-0.05, 0) is 104 Å². The van der Waals surface area contributed by atoms with Crippen LogP contribution in [0.1, 0.15) is 23.6 Å². The molecule has 0 spiro atoms. The van der Waals surface area contributed by atoms with E-state index in [9.17, 15) is 0 Å². The average Bonchev–Trinajstić information content (AvgIpc) is 3.85. The van der Waals surface area contributed by atoms with Gasteiger partial charge in [0.1, 0.15) is 0 Å². The van der Waals surface area contributed by atoms with Gasteiger partial charge in [0, 0.05) is 42.3 Å². The number of benzene rings is 9. The Morgan fingerprint density at radius 3 is 1.92 bits per heavy atom. The first kappa shape index (κ1) is 35.5. The minimum atomic E-state index is -0.321. The minimum Gasteiger partial charge on any atom is -0.228 e. The molecule has 2 heterocycles. The molecule has 12 rings (SSSR count). The molecule has 0 amide bonds. The Morgan fingerprint density at radius 2 is 1.03 bits per heavy atom. The molecular formula is C58H38N2S. The molecule has 1 aliphatic carbocycles. The van der Waals surface area contributed by atoms with Gasteiger partial charge < -0.3 is 0 Å². The Kier molecular flexibility index (Phi) is 8.19. The van der Waals surface area contributed by atoms with E-state index in [0.29, 0.717) is 5.82 Å². The first-order chi connectivity index (χ1) is 30.1. The van der Waals surface area contributed by atoms with Crippen LogP contribution in [0.3, 0.4) is 0 Å². The van der Waals surface area contributed by atoms with Gasteiger partial charge in [-0.25, -0.2) is 9.97 Å². The van der Waals surface area contributed by atoms with Crippen molar-refractivity contribution < 1.29 is 0 Å². The van der Waals surface area contributed by atoms with Gasteiger partial charge in [-0.2, -0.15) is 0 Å². The van der Waals surface area contributed by atoms with Crippen LogP contribution >= 0.6 is 11.3 Å². The summed E-state index contributed by atoms with van der Waals surface area (Å²) in [5, 5.41) is 5.02. The zero-order chi connectivity index (χ0) is 40.5. The second kappa shape index (κ2) is 14.1. The van der Waals surface area contributed by atoms with Gasteiger partial charge >= 0.3 is 0 Å². The summed E-state index contributed by atoms with van der Waals surface area (Å²) in [4.78, 5) is 10.8. The largest absolute Gasteiger partial charge is 0.228 e. The molecule has 286 valence electrons. The third-order valence-corrected chi connectivity index (χ3v) is 14.0. The molecule has 9 aromatic carbocycles. The molecule has 0 fully saturated rings. The van der Waals surface area contributed by atoms with E-state index in [0.717, 1.165) is 39.2 Å². The second-order valence-electron chi connectivity index (χ2n) is 16.2. The third-order valence-electron chi connectivity index (χ3n) is 12.8. The first-order valence-electron chi connectivity index (χ1n) is 20.9. The van der Waals surface area contributed by atoms with Crippen LogP contribution in [0.5, 0.6) is 0 Å². The average molecular weight is 795 g/mol. The molecule has 0 radical (unpaired) electrons. The zero-order valence-corrected chi connectivity index (χ0v) is 34.3. The van der Waals surface area contributed by atoms with Gasteiger partial charge in [-0.3, -0.25) is 0 Å². The fourth-order valence-corrected chi connectivity index (χ4v) is 11.0. The normalized spacial score (nSPS) is 14.4. The Labute approximate surface area is 359 Å². The molecule has 11 aromatic rings. The quantitative estimate of drug-likeness (QED) is 0.168. The fraction of sp³-hybridized carbons (Fsp3) is 0.0345. The van der Waals surface area contributed by atoms with E-state index in [2.05, 4.69) is 213 Å². The number of thiophene rings is 1. The van der Waals surface area contributed by atoms with Crippen LogP contribution in [0.2, 0.25) is 0 Å². The Morgan fingerprint density at radius 1 is 0.393 bits per heavy atom. The SMILES string of the molecule is CC1(c2ccccc2)c2ccccc2-c2c(-c3cc(-c4cc(-c5ccc6ccccc6c5)cc(-c5cccc6c5sc5ccccc56)c4)nc(-c4ccccc4)n3)cccc21. The summed E-state index contributed by atoms with van der Waals surface area (Å²) in [7, 11) is 0. The summed E-state index contributed by atoms with van der Waals surface area (Å²) < 4.78 is 2.59. The van der Waals surface area contributed by atoms with Gasteiger partial charge in [-0.15, -0.1) is 11.3 Å². The van der Waals surface area contributed by atoms with E-state index in [1.54, 1.807) is 0 Å². The lowest BCUT2D eigenvalue weighted by Crippen LogP contribution is -2.22. The highest BCUT2D eigenvalue weighted by Gasteiger charge is 2.41. The number of nitrogens with zero attached hydrogens (tertiary/aromatic N) is 2. The lowest BCUT2D eigenvalue weighted by atomic mass is 9.74. The van der Waals surface area contributed by atoms with Crippen molar-refractivity contribution in [1.29, 1.82) is 0 Å². The smallest absolute Gasteiger partial charge is 0.160 e. The number of hydrogen-bond acceptors (Lipinski definition) is 3. The molecule has 1 aliphatic rings. The number of rotatable bonds is 6. The molecule has 2 nitrogen and oxygen atoms in total. The van der Waals surface area contributed by atoms with Crippen LogP contribution in [-0.2, 0) is 5.41 Å².